The average Bonchev–Trinajstić information content (AvgIpc) is 3.24. The summed E-state index contributed by atoms with van der Waals surface area (Å²) >= 11 is 1.45. The largest absolute Gasteiger partial charge is 0.321 e. The molecule has 0 aliphatic heterocycles. The third-order valence-electron chi connectivity index (χ3n) is 4.24. The van der Waals surface area contributed by atoms with E-state index in [2.05, 4.69) is 10.3 Å². The highest BCUT2D eigenvalue weighted by Crippen LogP contribution is 2.29. The van der Waals surface area contributed by atoms with Gasteiger partial charge < -0.3 is 5.32 Å². The van der Waals surface area contributed by atoms with Gasteiger partial charge in [-0.25, -0.2) is 0 Å². The fourth-order valence-electron chi connectivity index (χ4n) is 2.89. The Bertz CT molecular complexity index is 1100. The van der Waals surface area contributed by atoms with Crippen LogP contribution in [0.3, 0.4) is 0 Å². The molecule has 0 saturated carbocycles. The first-order valence-electron chi connectivity index (χ1n) is 8.93. The maximum absolute atomic E-state index is 12.8. The Morgan fingerprint density at radius 3 is 2.57 bits per heavy atom. The summed E-state index contributed by atoms with van der Waals surface area (Å²) in [7, 11) is 0. The van der Waals surface area contributed by atoms with Gasteiger partial charge in [-0.2, -0.15) is 0 Å². The molecule has 136 valence electrons. The van der Waals surface area contributed by atoms with E-state index in [1.807, 2.05) is 96.4 Å². The smallest absolute Gasteiger partial charge is 0.266 e. The molecule has 4 aromatic rings. The molecule has 0 spiro atoms. The van der Waals surface area contributed by atoms with Crippen LogP contribution in [0.4, 0.5) is 5.69 Å². The first kappa shape index (κ1) is 17.9. The average molecular weight is 382 g/mol. The molecule has 1 amide bonds. The summed E-state index contributed by atoms with van der Waals surface area (Å²) in [6.45, 7) is 0. The maximum Gasteiger partial charge on any atom is 0.266 e. The minimum Gasteiger partial charge on any atom is -0.321 e. The molecule has 4 heteroatoms. The molecule has 0 fully saturated rings. The van der Waals surface area contributed by atoms with Crippen molar-refractivity contribution in [3.8, 4) is 11.1 Å². The first-order valence-corrected chi connectivity index (χ1v) is 9.81. The van der Waals surface area contributed by atoms with E-state index in [9.17, 15) is 4.79 Å². The van der Waals surface area contributed by atoms with Gasteiger partial charge in [-0.3, -0.25) is 9.78 Å². The summed E-state index contributed by atoms with van der Waals surface area (Å²) in [5.74, 6) is -0.0975. The number of amides is 1. The summed E-state index contributed by atoms with van der Waals surface area (Å²) in [6, 6.07) is 25.5. The Hall–Kier alpha value is -3.50. The van der Waals surface area contributed by atoms with E-state index in [4.69, 9.17) is 0 Å². The molecule has 0 unspecified atom stereocenters. The zero-order valence-electron chi connectivity index (χ0n) is 15.1. The van der Waals surface area contributed by atoms with E-state index in [0.717, 1.165) is 28.1 Å². The van der Waals surface area contributed by atoms with Gasteiger partial charge in [0.15, 0.2) is 0 Å². The van der Waals surface area contributed by atoms with Crippen molar-refractivity contribution < 1.29 is 4.79 Å². The van der Waals surface area contributed by atoms with Gasteiger partial charge in [-0.1, -0.05) is 54.6 Å². The molecule has 0 saturated heterocycles. The predicted octanol–water partition coefficient (Wildman–Crippen LogP) is 6.23. The Balaban J connectivity index is 1.52. The number of carbonyl (C=O) groups is 1. The lowest BCUT2D eigenvalue weighted by atomic mass is 10.1. The highest BCUT2D eigenvalue weighted by atomic mass is 32.1. The minimum absolute atomic E-state index is 0.0975. The van der Waals surface area contributed by atoms with Gasteiger partial charge in [-0.15, -0.1) is 11.3 Å². The van der Waals surface area contributed by atoms with E-state index in [-0.39, 0.29) is 5.91 Å². The number of anilines is 1. The number of thiophene rings is 1. The van der Waals surface area contributed by atoms with Gasteiger partial charge in [0, 0.05) is 17.4 Å². The van der Waals surface area contributed by atoms with Crippen molar-refractivity contribution in [2.45, 2.75) is 0 Å². The van der Waals surface area contributed by atoms with Crippen LogP contribution in [0, 0.1) is 0 Å². The maximum atomic E-state index is 12.8. The summed E-state index contributed by atoms with van der Waals surface area (Å²) in [4.78, 5) is 17.8. The second kappa shape index (κ2) is 8.46. The second-order valence-corrected chi connectivity index (χ2v) is 7.11. The van der Waals surface area contributed by atoms with Gasteiger partial charge in [0.1, 0.15) is 0 Å². The van der Waals surface area contributed by atoms with Crippen molar-refractivity contribution in [1.82, 2.24) is 4.98 Å². The number of pyridine rings is 1. The Kier molecular flexibility index (Phi) is 5.41. The summed E-state index contributed by atoms with van der Waals surface area (Å²) in [5.41, 5.74) is 4.65. The number of hydrogen-bond donors (Lipinski definition) is 1. The molecule has 0 atom stereocenters. The molecule has 0 bridgehead atoms. The van der Waals surface area contributed by atoms with Crippen LogP contribution in [0.15, 0.2) is 90.4 Å². The molecule has 0 radical (unpaired) electrons. The lowest BCUT2D eigenvalue weighted by Gasteiger charge is -2.07. The number of aromatic nitrogens is 1. The third kappa shape index (κ3) is 4.24. The van der Waals surface area contributed by atoms with Crippen molar-refractivity contribution >= 4 is 35.1 Å². The summed E-state index contributed by atoms with van der Waals surface area (Å²) in [5, 5.41) is 4.96. The Labute approximate surface area is 168 Å². The first-order chi connectivity index (χ1) is 13.8. The van der Waals surface area contributed by atoms with Gasteiger partial charge in [0.05, 0.1) is 10.6 Å². The van der Waals surface area contributed by atoms with Crippen LogP contribution >= 0.6 is 11.3 Å². The zero-order valence-corrected chi connectivity index (χ0v) is 15.9. The van der Waals surface area contributed by atoms with Crippen molar-refractivity contribution in [3.05, 3.63) is 107 Å². The fourth-order valence-corrected chi connectivity index (χ4v) is 3.71. The third-order valence-corrected chi connectivity index (χ3v) is 5.15. The van der Waals surface area contributed by atoms with Crippen LogP contribution in [0.1, 0.15) is 20.9 Å². The standard InChI is InChI=1S/C24H18N2OS/c27-24(23-22(14-16-28-23)19-8-2-1-3-9-19)26-21-11-6-7-18(17-21)12-13-20-10-4-5-15-25-20/h1-17H,(H,26,27)/b13-12+. The van der Waals surface area contributed by atoms with Crippen LogP contribution < -0.4 is 5.32 Å². The van der Waals surface area contributed by atoms with Crippen LogP contribution in [-0.2, 0) is 0 Å². The zero-order chi connectivity index (χ0) is 19.2. The lowest BCUT2D eigenvalue weighted by molar-refractivity contribution is 0.103. The van der Waals surface area contributed by atoms with Crippen LogP contribution in [-0.4, -0.2) is 10.9 Å². The molecule has 2 aromatic heterocycles. The molecule has 1 N–H and O–H groups in total. The van der Waals surface area contributed by atoms with Crippen LogP contribution in [0.25, 0.3) is 23.3 Å². The van der Waals surface area contributed by atoms with Crippen LogP contribution in [0.2, 0.25) is 0 Å². The van der Waals surface area contributed by atoms with Gasteiger partial charge in [0.25, 0.3) is 5.91 Å². The van der Waals surface area contributed by atoms with Gasteiger partial charge in [0.2, 0.25) is 0 Å². The Morgan fingerprint density at radius 1 is 0.893 bits per heavy atom. The summed E-state index contributed by atoms with van der Waals surface area (Å²) < 4.78 is 0. The molecular formula is C24H18N2OS. The lowest BCUT2D eigenvalue weighted by Crippen LogP contribution is -2.11. The monoisotopic (exact) mass is 382 g/mol. The molecule has 2 aromatic carbocycles. The van der Waals surface area contributed by atoms with E-state index in [0.29, 0.717) is 4.88 Å². The molecule has 0 aliphatic rings. The van der Waals surface area contributed by atoms with E-state index < -0.39 is 0 Å². The molecule has 28 heavy (non-hydrogen) atoms. The summed E-state index contributed by atoms with van der Waals surface area (Å²) in [6.07, 6.45) is 5.70. The highest BCUT2D eigenvalue weighted by Gasteiger charge is 2.14. The number of hydrogen-bond acceptors (Lipinski definition) is 3. The number of nitrogens with one attached hydrogen (secondary N) is 1. The topological polar surface area (TPSA) is 42.0 Å². The van der Waals surface area contributed by atoms with Gasteiger partial charge in [-0.05, 0) is 52.9 Å². The fraction of sp³-hybridized carbons (Fsp3) is 0. The minimum atomic E-state index is -0.0975. The second-order valence-electron chi connectivity index (χ2n) is 6.20. The van der Waals surface area contributed by atoms with Crippen molar-refractivity contribution in [1.29, 1.82) is 0 Å². The molecular weight excluding hydrogens is 364 g/mol. The molecule has 2 heterocycles. The predicted molar refractivity (Wildman–Crippen MR) is 117 cm³/mol. The number of benzene rings is 2. The molecule has 0 aliphatic carbocycles. The SMILES string of the molecule is O=C(Nc1cccc(/C=C/c2ccccn2)c1)c1sccc1-c1ccccc1. The van der Waals surface area contributed by atoms with Crippen molar-refractivity contribution in [2.75, 3.05) is 5.32 Å². The van der Waals surface area contributed by atoms with E-state index in [1.165, 1.54) is 11.3 Å². The van der Waals surface area contributed by atoms with Crippen molar-refractivity contribution in [2.24, 2.45) is 0 Å². The highest BCUT2D eigenvalue weighted by molar-refractivity contribution is 7.12. The molecule has 4 rings (SSSR count). The number of carbonyl (C=O) groups excluding carboxylic acids is 1. The quantitative estimate of drug-likeness (QED) is 0.444. The van der Waals surface area contributed by atoms with E-state index >= 15 is 0 Å². The number of nitrogens with zero attached hydrogens (tertiary/aromatic N) is 1. The number of rotatable bonds is 5. The van der Waals surface area contributed by atoms with Gasteiger partial charge >= 0.3 is 0 Å². The Morgan fingerprint density at radius 2 is 1.75 bits per heavy atom. The normalized spacial score (nSPS) is 10.9. The van der Waals surface area contributed by atoms with Crippen LogP contribution in [0.5, 0.6) is 0 Å². The van der Waals surface area contributed by atoms with E-state index in [1.54, 1.807) is 6.20 Å². The van der Waals surface area contributed by atoms with Crippen molar-refractivity contribution in [3.63, 3.8) is 0 Å². The molecule has 3 nitrogen and oxygen atoms in total.